The van der Waals surface area contributed by atoms with E-state index in [1.54, 1.807) is 0 Å². The third-order valence-electron chi connectivity index (χ3n) is 4.47. The van der Waals surface area contributed by atoms with Crippen LogP contribution in [0, 0.1) is 5.82 Å². The molecule has 1 aromatic heterocycles. The molecule has 1 aromatic carbocycles. The van der Waals surface area contributed by atoms with Gasteiger partial charge in [-0.15, -0.1) is 12.4 Å². The van der Waals surface area contributed by atoms with E-state index in [0.29, 0.717) is 4.34 Å². The number of aliphatic imine (C=N–C) groups is 1. The minimum atomic E-state index is -1.90. The van der Waals surface area contributed by atoms with Crippen molar-refractivity contribution < 1.29 is 18.3 Å². The van der Waals surface area contributed by atoms with E-state index in [4.69, 9.17) is 22.1 Å². The van der Waals surface area contributed by atoms with Gasteiger partial charge in [-0.2, -0.15) is 0 Å². The number of hydrogen-bond acceptors (Lipinski definition) is 7. The van der Waals surface area contributed by atoms with Crippen LogP contribution in [0.15, 0.2) is 29.4 Å². The molecule has 2 aliphatic heterocycles. The summed E-state index contributed by atoms with van der Waals surface area (Å²) >= 11 is 7.87. The fourth-order valence-corrected chi connectivity index (χ4v) is 4.88. The van der Waals surface area contributed by atoms with Crippen molar-refractivity contribution in [2.75, 3.05) is 24.3 Å². The summed E-state index contributed by atoms with van der Waals surface area (Å²) in [6, 6.07) is 3.89. The molecule has 0 unspecified atom stereocenters. The van der Waals surface area contributed by atoms with Gasteiger partial charge in [0.1, 0.15) is 10.2 Å². The Bertz CT molecular complexity index is 960. The number of carbonyl (C=O) groups is 1. The summed E-state index contributed by atoms with van der Waals surface area (Å²) in [7, 11) is 0. The van der Waals surface area contributed by atoms with Gasteiger partial charge in [-0.05, 0) is 18.2 Å². The number of carbonyl (C=O) groups excluding carboxylic acids is 1. The number of nitrogens with one attached hydrogen (secondary N) is 1. The summed E-state index contributed by atoms with van der Waals surface area (Å²) in [5, 5.41) is 2.94. The number of nitrogens with two attached hydrogens (primary N) is 1. The van der Waals surface area contributed by atoms with Gasteiger partial charge in [-0.25, -0.2) is 18.8 Å². The Hall–Kier alpha value is -1.46. The van der Waals surface area contributed by atoms with Crippen LogP contribution in [0.5, 0.6) is 0 Å². The lowest BCUT2D eigenvalue weighted by molar-refractivity contribution is 0.102. The minimum absolute atomic E-state index is 0. The van der Waals surface area contributed by atoms with E-state index in [2.05, 4.69) is 15.3 Å². The van der Waals surface area contributed by atoms with Gasteiger partial charge in [-0.3, -0.25) is 4.79 Å². The molecular formula is C16H14Cl2F2N4O2S2. The third-order valence-corrected chi connectivity index (χ3v) is 6.58. The molecule has 0 spiro atoms. The van der Waals surface area contributed by atoms with Gasteiger partial charge in [0.2, 0.25) is 0 Å². The van der Waals surface area contributed by atoms with Crippen molar-refractivity contribution >= 4 is 63.9 Å². The molecule has 3 heterocycles. The molecule has 1 fully saturated rings. The van der Waals surface area contributed by atoms with E-state index in [1.807, 2.05) is 0 Å². The number of aromatic nitrogens is 1. The van der Waals surface area contributed by atoms with Crippen LogP contribution in [0.1, 0.15) is 15.4 Å². The molecule has 2 aliphatic rings. The second-order valence-electron chi connectivity index (χ2n) is 6.18. The van der Waals surface area contributed by atoms with Crippen molar-refractivity contribution in [3.63, 3.8) is 0 Å². The predicted octanol–water partition coefficient (Wildman–Crippen LogP) is 3.61. The summed E-state index contributed by atoms with van der Waals surface area (Å²) in [6.07, 6.45) is 1.36. The molecule has 0 saturated carbocycles. The van der Waals surface area contributed by atoms with Crippen molar-refractivity contribution in [1.29, 1.82) is 0 Å². The lowest BCUT2D eigenvalue weighted by Crippen LogP contribution is -2.52. The third kappa shape index (κ3) is 3.48. The zero-order valence-corrected chi connectivity index (χ0v) is 17.3. The highest BCUT2D eigenvalue weighted by molar-refractivity contribution is 8.13. The average Bonchev–Trinajstić information content (AvgIpc) is 3.20. The van der Waals surface area contributed by atoms with Crippen LogP contribution >= 0.6 is 47.1 Å². The topological polar surface area (TPSA) is 89.6 Å². The van der Waals surface area contributed by atoms with Crippen LogP contribution in [-0.2, 0) is 10.3 Å². The maximum Gasteiger partial charge on any atom is 0.284 e. The van der Waals surface area contributed by atoms with E-state index in [1.165, 1.54) is 18.3 Å². The standard InChI is InChI=1S/C16H13ClF2N4O2S2.ClH/c17-11-4-21-13(27-11)12(24)22-8-1-2-10(18)9(3-8)16-6-25-5-15(16,19)7-26-14(20)23-16;/h1-4H,5-7H2,(H2,20,23)(H,22,24);1H/t15-,16-;/m1./s1. The maximum absolute atomic E-state index is 15.5. The number of benzene rings is 1. The van der Waals surface area contributed by atoms with Crippen LogP contribution < -0.4 is 11.1 Å². The Labute approximate surface area is 178 Å². The number of fused-ring (bicyclic) bond motifs is 1. The highest BCUT2D eigenvalue weighted by Crippen LogP contribution is 2.50. The van der Waals surface area contributed by atoms with Gasteiger partial charge in [0, 0.05) is 17.0 Å². The quantitative estimate of drug-likeness (QED) is 0.720. The van der Waals surface area contributed by atoms with Crippen molar-refractivity contribution in [2.24, 2.45) is 10.7 Å². The van der Waals surface area contributed by atoms with E-state index in [9.17, 15) is 9.18 Å². The molecule has 12 heteroatoms. The number of nitrogens with zero attached hydrogens (tertiary/aromatic N) is 2. The molecule has 6 nitrogen and oxygen atoms in total. The van der Waals surface area contributed by atoms with Gasteiger partial charge in [0.25, 0.3) is 5.91 Å². The zero-order valence-electron chi connectivity index (χ0n) is 14.1. The van der Waals surface area contributed by atoms with Crippen molar-refractivity contribution in [3.05, 3.63) is 45.1 Å². The van der Waals surface area contributed by atoms with Crippen LogP contribution in [0.25, 0.3) is 0 Å². The second-order valence-corrected chi connectivity index (χ2v) is 8.83. The molecule has 4 rings (SSSR count). The first-order valence-electron chi connectivity index (χ1n) is 7.80. The number of hydrogen-bond donors (Lipinski definition) is 2. The van der Waals surface area contributed by atoms with E-state index >= 15 is 4.39 Å². The number of amides is 1. The highest BCUT2D eigenvalue weighted by Gasteiger charge is 2.61. The van der Waals surface area contributed by atoms with Crippen molar-refractivity contribution in [1.82, 2.24) is 4.98 Å². The second kappa shape index (κ2) is 7.75. The number of amidine groups is 1. The summed E-state index contributed by atoms with van der Waals surface area (Å²) < 4.78 is 35.9. The number of ether oxygens (including phenoxy) is 1. The molecule has 0 radical (unpaired) electrons. The summed E-state index contributed by atoms with van der Waals surface area (Å²) in [6.45, 7) is -0.342. The van der Waals surface area contributed by atoms with Crippen LogP contribution in [0.2, 0.25) is 4.34 Å². The molecule has 3 N–H and O–H groups in total. The monoisotopic (exact) mass is 466 g/mol. The maximum atomic E-state index is 15.5. The summed E-state index contributed by atoms with van der Waals surface area (Å²) in [5.41, 5.74) is 2.58. The fourth-order valence-electron chi connectivity index (χ4n) is 3.15. The van der Waals surface area contributed by atoms with Crippen molar-refractivity contribution in [3.8, 4) is 0 Å². The fraction of sp³-hybridized carbons (Fsp3) is 0.312. The Morgan fingerprint density at radius 2 is 2.18 bits per heavy atom. The molecule has 0 bridgehead atoms. The largest absolute Gasteiger partial charge is 0.379 e. The van der Waals surface area contributed by atoms with Crippen LogP contribution in [0.4, 0.5) is 14.5 Å². The first-order valence-corrected chi connectivity index (χ1v) is 9.98. The summed E-state index contributed by atoms with van der Waals surface area (Å²) in [5.74, 6) is -1.14. The predicted molar refractivity (Wildman–Crippen MR) is 109 cm³/mol. The van der Waals surface area contributed by atoms with Crippen molar-refractivity contribution in [2.45, 2.75) is 11.2 Å². The van der Waals surface area contributed by atoms with E-state index < -0.39 is 22.9 Å². The SMILES string of the molecule is Cl.NC1=N[C@@]2(c3cc(NC(=O)c4ncc(Cl)s4)ccc3F)COC[C@@]2(F)CS1. The van der Waals surface area contributed by atoms with E-state index in [-0.39, 0.29) is 52.8 Å². The number of halogens is 4. The lowest BCUT2D eigenvalue weighted by Gasteiger charge is -2.38. The van der Waals surface area contributed by atoms with Gasteiger partial charge in [0.15, 0.2) is 21.4 Å². The lowest BCUT2D eigenvalue weighted by atomic mass is 9.79. The first-order chi connectivity index (χ1) is 12.8. The normalized spacial score (nSPS) is 26.2. The number of alkyl halides is 1. The Morgan fingerprint density at radius 1 is 1.39 bits per heavy atom. The van der Waals surface area contributed by atoms with Crippen LogP contribution in [-0.4, -0.2) is 40.7 Å². The first kappa shape index (κ1) is 21.3. The summed E-state index contributed by atoms with van der Waals surface area (Å²) in [4.78, 5) is 20.4. The molecule has 1 amide bonds. The molecule has 28 heavy (non-hydrogen) atoms. The molecule has 150 valence electrons. The highest BCUT2D eigenvalue weighted by atomic mass is 35.5. The Balaban J connectivity index is 0.00000225. The molecular weight excluding hydrogens is 453 g/mol. The molecule has 2 aromatic rings. The van der Waals surface area contributed by atoms with Crippen LogP contribution in [0.3, 0.4) is 0 Å². The molecule has 0 aliphatic carbocycles. The molecule has 1 saturated heterocycles. The van der Waals surface area contributed by atoms with Gasteiger partial charge >= 0.3 is 0 Å². The van der Waals surface area contributed by atoms with Gasteiger partial charge < -0.3 is 15.8 Å². The minimum Gasteiger partial charge on any atom is -0.379 e. The zero-order chi connectivity index (χ0) is 19.2. The molecule has 2 atom stereocenters. The Kier molecular flexibility index (Phi) is 5.88. The number of thioether (sulfide) groups is 1. The van der Waals surface area contributed by atoms with Gasteiger partial charge in [0.05, 0.1) is 19.4 Å². The Morgan fingerprint density at radius 3 is 2.89 bits per heavy atom. The van der Waals surface area contributed by atoms with E-state index in [0.717, 1.165) is 29.2 Å². The number of rotatable bonds is 3. The average molecular weight is 467 g/mol. The van der Waals surface area contributed by atoms with Gasteiger partial charge in [-0.1, -0.05) is 34.7 Å². The number of thiazole rings is 1. The number of anilines is 1. The smallest absolute Gasteiger partial charge is 0.284 e.